The van der Waals surface area contributed by atoms with Gasteiger partial charge in [0.05, 0.1) is 0 Å². The number of nitrogens with one attached hydrogen (secondary N) is 1. The van der Waals surface area contributed by atoms with E-state index in [2.05, 4.69) is 72.2 Å². The Hall–Kier alpha value is -0.380. The lowest BCUT2D eigenvalue weighted by molar-refractivity contribution is 0.321. The minimum atomic E-state index is 0.726. The first kappa shape index (κ1) is 15.7. The van der Waals surface area contributed by atoms with Crippen LogP contribution in [0.5, 0.6) is 0 Å². The first-order chi connectivity index (χ1) is 8.49. The average Bonchev–Trinajstić information content (AvgIpc) is 2.29. The van der Waals surface area contributed by atoms with Gasteiger partial charge in [-0.1, -0.05) is 41.9 Å². The lowest BCUT2D eigenvalue weighted by Gasteiger charge is -2.18. The Kier molecular flexibility index (Phi) is 6.90. The summed E-state index contributed by atoms with van der Waals surface area (Å²) >= 11 is 3.54. The zero-order chi connectivity index (χ0) is 13.5. The second kappa shape index (κ2) is 7.93. The summed E-state index contributed by atoms with van der Waals surface area (Å²) in [6.45, 7) is 10.9. The van der Waals surface area contributed by atoms with Crippen molar-refractivity contribution in [3.8, 4) is 0 Å². The fraction of sp³-hybridized carbons (Fsp3) is 0.600. The first-order valence-corrected chi connectivity index (χ1v) is 7.42. The Bertz CT molecular complexity index is 364. The quantitative estimate of drug-likeness (QED) is 0.776. The van der Waals surface area contributed by atoms with Crippen LogP contribution in [0.3, 0.4) is 0 Å². The molecule has 0 atom stereocenters. The maximum atomic E-state index is 3.54. The van der Waals surface area contributed by atoms with Gasteiger partial charge in [-0.25, -0.2) is 0 Å². The molecule has 0 spiro atoms. The summed E-state index contributed by atoms with van der Waals surface area (Å²) in [6, 6.07) is 6.58. The Balaban J connectivity index is 2.31. The molecule has 0 aliphatic heterocycles. The third-order valence-electron chi connectivity index (χ3n) is 2.90. The first-order valence-electron chi connectivity index (χ1n) is 6.63. The molecule has 0 radical (unpaired) electrons. The van der Waals surface area contributed by atoms with Crippen molar-refractivity contribution in [2.75, 3.05) is 26.7 Å². The molecule has 3 heteroatoms. The highest BCUT2D eigenvalue weighted by molar-refractivity contribution is 9.10. The number of aryl methyl sites for hydroxylation is 1. The van der Waals surface area contributed by atoms with E-state index in [-0.39, 0.29) is 0 Å². The van der Waals surface area contributed by atoms with Crippen molar-refractivity contribution in [2.45, 2.75) is 27.3 Å². The van der Waals surface area contributed by atoms with Gasteiger partial charge in [0, 0.05) is 24.1 Å². The maximum absolute atomic E-state index is 3.54. The van der Waals surface area contributed by atoms with Crippen LogP contribution < -0.4 is 5.32 Å². The molecule has 1 aromatic carbocycles. The van der Waals surface area contributed by atoms with Crippen LogP contribution in [0.4, 0.5) is 0 Å². The second-order valence-corrected chi connectivity index (χ2v) is 6.27. The minimum Gasteiger partial charge on any atom is -0.315 e. The Morgan fingerprint density at radius 3 is 2.67 bits per heavy atom. The molecule has 0 heterocycles. The second-order valence-electron chi connectivity index (χ2n) is 5.42. The zero-order valence-corrected chi connectivity index (χ0v) is 13.5. The molecule has 0 unspecified atom stereocenters. The number of hydrogen-bond acceptors (Lipinski definition) is 2. The molecule has 1 N–H and O–H groups in total. The SMILES string of the molecule is Cc1cc(CN(C)CCNCC(C)C)ccc1Br. The van der Waals surface area contributed by atoms with Gasteiger partial charge in [0.25, 0.3) is 0 Å². The molecule has 0 aromatic heterocycles. The van der Waals surface area contributed by atoms with E-state index < -0.39 is 0 Å². The fourth-order valence-corrected chi connectivity index (χ4v) is 2.10. The number of benzene rings is 1. The van der Waals surface area contributed by atoms with Crippen molar-refractivity contribution in [1.82, 2.24) is 10.2 Å². The predicted molar refractivity (Wildman–Crippen MR) is 82.9 cm³/mol. The van der Waals surface area contributed by atoms with Gasteiger partial charge < -0.3 is 10.2 Å². The van der Waals surface area contributed by atoms with Crippen molar-refractivity contribution in [1.29, 1.82) is 0 Å². The van der Waals surface area contributed by atoms with Crippen molar-refractivity contribution in [3.05, 3.63) is 33.8 Å². The highest BCUT2D eigenvalue weighted by atomic mass is 79.9. The van der Waals surface area contributed by atoms with E-state index >= 15 is 0 Å². The largest absolute Gasteiger partial charge is 0.315 e. The van der Waals surface area contributed by atoms with Crippen LogP contribution in [-0.4, -0.2) is 31.6 Å². The number of halogens is 1. The number of rotatable bonds is 7. The number of nitrogens with zero attached hydrogens (tertiary/aromatic N) is 1. The van der Waals surface area contributed by atoms with Crippen LogP contribution in [-0.2, 0) is 6.54 Å². The van der Waals surface area contributed by atoms with Crippen molar-refractivity contribution < 1.29 is 0 Å². The molecule has 0 aliphatic rings. The third kappa shape index (κ3) is 5.98. The van der Waals surface area contributed by atoms with Crippen LogP contribution in [0.2, 0.25) is 0 Å². The highest BCUT2D eigenvalue weighted by Crippen LogP contribution is 2.17. The summed E-state index contributed by atoms with van der Waals surface area (Å²) in [5.74, 6) is 0.726. The van der Waals surface area contributed by atoms with Crippen molar-refractivity contribution >= 4 is 15.9 Å². The summed E-state index contributed by atoms with van der Waals surface area (Å²) < 4.78 is 1.19. The Morgan fingerprint density at radius 1 is 1.33 bits per heavy atom. The molecule has 0 saturated heterocycles. The van der Waals surface area contributed by atoms with Gasteiger partial charge in [-0.15, -0.1) is 0 Å². The lowest BCUT2D eigenvalue weighted by Crippen LogP contribution is -2.30. The minimum absolute atomic E-state index is 0.726. The summed E-state index contributed by atoms with van der Waals surface area (Å²) in [5, 5.41) is 3.47. The van der Waals surface area contributed by atoms with Crippen LogP contribution >= 0.6 is 15.9 Å². The van der Waals surface area contributed by atoms with Crippen LogP contribution in [0, 0.1) is 12.8 Å². The average molecular weight is 313 g/mol. The van der Waals surface area contributed by atoms with Crippen LogP contribution in [0.1, 0.15) is 25.0 Å². The van der Waals surface area contributed by atoms with Crippen molar-refractivity contribution in [3.63, 3.8) is 0 Å². The van der Waals surface area contributed by atoms with Gasteiger partial charge >= 0.3 is 0 Å². The van der Waals surface area contributed by atoms with E-state index in [0.29, 0.717) is 0 Å². The molecule has 0 bridgehead atoms. The monoisotopic (exact) mass is 312 g/mol. The molecular formula is C15H25BrN2. The molecule has 0 amide bonds. The molecule has 0 saturated carbocycles. The molecule has 2 nitrogen and oxygen atoms in total. The van der Waals surface area contributed by atoms with E-state index in [0.717, 1.165) is 32.1 Å². The van der Waals surface area contributed by atoms with Gasteiger partial charge in [0.15, 0.2) is 0 Å². The number of hydrogen-bond donors (Lipinski definition) is 1. The summed E-state index contributed by atoms with van der Waals surface area (Å²) in [5.41, 5.74) is 2.68. The van der Waals surface area contributed by atoms with Crippen LogP contribution in [0.15, 0.2) is 22.7 Å². The standard InChI is InChI=1S/C15H25BrN2/c1-12(2)10-17-7-8-18(4)11-14-5-6-15(16)13(3)9-14/h5-6,9,12,17H,7-8,10-11H2,1-4H3. The highest BCUT2D eigenvalue weighted by Gasteiger charge is 2.02. The van der Waals surface area contributed by atoms with E-state index in [1.807, 2.05) is 0 Å². The fourth-order valence-electron chi connectivity index (χ4n) is 1.86. The summed E-state index contributed by atoms with van der Waals surface area (Å²) in [6.07, 6.45) is 0. The Labute approximate surface area is 120 Å². The Morgan fingerprint density at radius 2 is 2.06 bits per heavy atom. The summed E-state index contributed by atoms with van der Waals surface area (Å²) in [4.78, 5) is 2.36. The van der Waals surface area contributed by atoms with E-state index in [1.54, 1.807) is 0 Å². The number of likely N-dealkylation sites (N-methyl/N-ethyl adjacent to an activating group) is 1. The van der Waals surface area contributed by atoms with E-state index in [1.165, 1.54) is 15.6 Å². The van der Waals surface area contributed by atoms with Gasteiger partial charge in [0.2, 0.25) is 0 Å². The van der Waals surface area contributed by atoms with Crippen LogP contribution in [0.25, 0.3) is 0 Å². The topological polar surface area (TPSA) is 15.3 Å². The smallest absolute Gasteiger partial charge is 0.0231 e. The molecule has 0 fully saturated rings. The molecule has 102 valence electrons. The normalized spacial score (nSPS) is 11.5. The molecule has 1 rings (SSSR count). The molecule has 18 heavy (non-hydrogen) atoms. The lowest BCUT2D eigenvalue weighted by atomic mass is 10.1. The molecular weight excluding hydrogens is 288 g/mol. The van der Waals surface area contributed by atoms with Gasteiger partial charge in [-0.3, -0.25) is 0 Å². The van der Waals surface area contributed by atoms with Gasteiger partial charge in [0.1, 0.15) is 0 Å². The molecule has 0 aliphatic carbocycles. The predicted octanol–water partition coefficient (Wildman–Crippen LogP) is 3.43. The van der Waals surface area contributed by atoms with Gasteiger partial charge in [-0.05, 0) is 43.6 Å². The van der Waals surface area contributed by atoms with Gasteiger partial charge in [-0.2, -0.15) is 0 Å². The van der Waals surface area contributed by atoms with Crippen molar-refractivity contribution in [2.24, 2.45) is 5.92 Å². The third-order valence-corrected chi connectivity index (χ3v) is 3.79. The van der Waals surface area contributed by atoms with E-state index in [4.69, 9.17) is 0 Å². The maximum Gasteiger partial charge on any atom is 0.0231 e. The zero-order valence-electron chi connectivity index (χ0n) is 12.0. The molecule has 1 aromatic rings. The summed E-state index contributed by atoms with van der Waals surface area (Å²) in [7, 11) is 2.18. The van der Waals surface area contributed by atoms with E-state index in [9.17, 15) is 0 Å².